The molecule has 5 heteroatoms. The Morgan fingerprint density at radius 3 is 2.85 bits per heavy atom. The predicted octanol–water partition coefficient (Wildman–Crippen LogP) is 1.67. The predicted molar refractivity (Wildman–Crippen MR) is 54.5 cm³/mol. The molecule has 0 bridgehead atoms. The molecule has 2 N–H and O–H groups in total. The molecule has 0 fully saturated rings. The molecule has 0 radical (unpaired) electrons. The van der Waals surface area contributed by atoms with Gasteiger partial charge in [-0.15, -0.1) is 0 Å². The van der Waals surface area contributed by atoms with Crippen LogP contribution in [0.1, 0.15) is 20.3 Å². The van der Waals surface area contributed by atoms with Crippen LogP contribution in [0.2, 0.25) is 0 Å². The van der Waals surface area contributed by atoms with E-state index in [9.17, 15) is 0 Å². The normalized spacial score (nSPS) is 14.5. The number of hydrogen-bond acceptors (Lipinski definition) is 4. The Kier molecular flexibility index (Phi) is 6.68. The van der Waals surface area contributed by atoms with Gasteiger partial charge in [-0.05, 0) is 19.3 Å². The number of rotatable bonds is 6. The summed E-state index contributed by atoms with van der Waals surface area (Å²) in [7, 11) is 1.68. The first-order valence-corrected chi connectivity index (χ1v) is 4.26. The van der Waals surface area contributed by atoms with Crippen LogP contribution in [0.5, 0.6) is 0 Å². The maximum absolute atomic E-state index is 6.65. The molecule has 0 aromatic rings. The Balaban J connectivity index is 3.84. The van der Waals surface area contributed by atoms with Crippen LogP contribution >= 0.6 is 0 Å². The number of hydrazone groups is 1. The minimum Gasteiger partial charge on any atom is -0.277 e. The zero-order valence-corrected chi connectivity index (χ0v) is 8.41. The summed E-state index contributed by atoms with van der Waals surface area (Å²) in [6.45, 7) is 4.58. The summed E-state index contributed by atoms with van der Waals surface area (Å²) in [5.41, 5.74) is 10.4. The molecule has 74 valence electrons. The zero-order chi connectivity index (χ0) is 10.1. The van der Waals surface area contributed by atoms with Gasteiger partial charge in [-0.2, -0.15) is 10.2 Å². The minimum atomic E-state index is 0.354. The van der Waals surface area contributed by atoms with Crippen molar-refractivity contribution in [3.63, 3.8) is 0 Å². The van der Waals surface area contributed by atoms with Crippen molar-refractivity contribution < 1.29 is 0 Å². The van der Waals surface area contributed by atoms with Crippen LogP contribution < -0.4 is 5.43 Å². The molecule has 0 aliphatic heterocycles. The van der Waals surface area contributed by atoms with Crippen LogP contribution in [0, 0.1) is 11.4 Å². The summed E-state index contributed by atoms with van der Waals surface area (Å²) in [6.07, 6.45) is 2.40. The molecule has 1 unspecified atom stereocenters. The zero-order valence-electron chi connectivity index (χ0n) is 8.41. The molecule has 0 aromatic heterocycles. The van der Waals surface area contributed by atoms with E-state index in [0.29, 0.717) is 12.5 Å². The molecule has 5 nitrogen and oxygen atoms in total. The van der Waals surface area contributed by atoms with Gasteiger partial charge in [-0.1, -0.05) is 6.92 Å². The molecule has 0 saturated heterocycles. The first-order chi connectivity index (χ1) is 6.22. The lowest BCUT2D eigenvalue weighted by molar-refractivity contribution is 0.664. The SMILES string of the molecule is CN=CN/N=C(/C)C(C)CCN=N. The van der Waals surface area contributed by atoms with Gasteiger partial charge in [0.05, 0.1) is 6.54 Å². The molecule has 0 spiro atoms. The monoisotopic (exact) mass is 183 g/mol. The third-order valence-corrected chi connectivity index (χ3v) is 1.81. The fourth-order valence-electron chi connectivity index (χ4n) is 0.766. The highest BCUT2D eigenvalue weighted by Crippen LogP contribution is 2.03. The third-order valence-electron chi connectivity index (χ3n) is 1.81. The van der Waals surface area contributed by atoms with E-state index < -0.39 is 0 Å². The van der Waals surface area contributed by atoms with Crippen LogP contribution in [0.25, 0.3) is 0 Å². The second-order valence-electron chi connectivity index (χ2n) is 2.84. The van der Waals surface area contributed by atoms with E-state index in [4.69, 9.17) is 5.53 Å². The Morgan fingerprint density at radius 1 is 1.62 bits per heavy atom. The van der Waals surface area contributed by atoms with E-state index in [2.05, 4.69) is 27.6 Å². The Bertz CT molecular complexity index is 197. The van der Waals surface area contributed by atoms with Crippen molar-refractivity contribution in [2.75, 3.05) is 13.6 Å². The smallest absolute Gasteiger partial charge is 0.103 e. The highest BCUT2D eigenvalue weighted by molar-refractivity contribution is 5.84. The van der Waals surface area contributed by atoms with Gasteiger partial charge in [-0.3, -0.25) is 10.4 Å². The first-order valence-electron chi connectivity index (χ1n) is 4.26. The van der Waals surface area contributed by atoms with Gasteiger partial charge in [0.1, 0.15) is 6.34 Å². The second-order valence-corrected chi connectivity index (χ2v) is 2.84. The van der Waals surface area contributed by atoms with Gasteiger partial charge < -0.3 is 0 Å². The maximum atomic E-state index is 6.65. The molecule has 0 aliphatic rings. The lowest BCUT2D eigenvalue weighted by atomic mass is 10.0. The summed E-state index contributed by atoms with van der Waals surface area (Å²) in [6, 6.07) is 0. The van der Waals surface area contributed by atoms with Gasteiger partial charge in [0.25, 0.3) is 0 Å². The number of aliphatic imine (C=N–C) groups is 1. The molecule has 0 aromatic carbocycles. The standard InChI is InChI=1S/C8H17N5/c1-7(4-5-11-9)8(2)13-12-6-10-3/h6-7,9H,4-5H2,1-3H3,(H,10,12)/b11-9?,13-8-. The van der Waals surface area contributed by atoms with E-state index in [0.717, 1.165) is 12.1 Å². The van der Waals surface area contributed by atoms with Crippen molar-refractivity contribution >= 4 is 12.1 Å². The summed E-state index contributed by atoms with van der Waals surface area (Å²) < 4.78 is 0. The van der Waals surface area contributed by atoms with E-state index in [1.165, 1.54) is 6.34 Å². The lowest BCUT2D eigenvalue weighted by Crippen LogP contribution is -2.13. The molecule has 0 saturated carbocycles. The molecular weight excluding hydrogens is 166 g/mol. The Morgan fingerprint density at radius 2 is 2.31 bits per heavy atom. The van der Waals surface area contributed by atoms with Crippen LogP contribution in [0.4, 0.5) is 0 Å². The van der Waals surface area contributed by atoms with E-state index in [-0.39, 0.29) is 0 Å². The lowest BCUT2D eigenvalue weighted by Gasteiger charge is -2.07. The van der Waals surface area contributed by atoms with E-state index in [1.54, 1.807) is 7.05 Å². The highest BCUT2D eigenvalue weighted by atomic mass is 15.3. The van der Waals surface area contributed by atoms with Crippen LogP contribution in [-0.2, 0) is 0 Å². The summed E-state index contributed by atoms with van der Waals surface area (Å²) in [4.78, 5) is 3.74. The van der Waals surface area contributed by atoms with E-state index in [1.807, 2.05) is 6.92 Å². The summed E-state index contributed by atoms with van der Waals surface area (Å²) >= 11 is 0. The van der Waals surface area contributed by atoms with Crippen molar-refractivity contribution in [3.8, 4) is 0 Å². The largest absolute Gasteiger partial charge is 0.277 e. The Labute approximate surface area is 78.8 Å². The second kappa shape index (κ2) is 7.39. The number of nitrogens with one attached hydrogen (secondary N) is 2. The fraction of sp³-hybridized carbons (Fsp3) is 0.750. The Hall–Kier alpha value is -1.26. The van der Waals surface area contributed by atoms with Crippen molar-refractivity contribution in [1.29, 1.82) is 5.53 Å². The highest BCUT2D eigenvalue weighted by Gasteiger charge is 2.04. The fourth-order valence-corrected chi connectivity index (χ4v) is 0.766. The molecular formula is C8H17N5. The maximum Gasteiger partial charge on any atom is 0.103 e. The quantitative estimate of drug-likeness (QED) is 0.279. The van der Waals surface area contributed by atoms with E-state index >= 15 is 0 Å². The average Bonchev–Trinajstić information content (AvgIpc) is 2.14. The molecule has 13 heavy (non-hydrogen) atoms. The molecule has 0 rings (SSSR count). The van der Waals surface area contributed by atoms with Crippen LogP contribution in [0.15, 0.2) is 15.2 Å². The molecule has 0 aliphatic carbocycles. The summed E-state index contributed by atoms with van der Waals surface area (Å²) in [5.74, 6) is 0.354. The van der Waals surface area contributed by atoms with Gasteiger partial charge in [0.2, 0.25) is 0 Å². The van der Waals surface area contributed by atoms with Crippen LogP contribution in [-0.4, -0.2) is 25.6 Å². The molecule has 0 amide bonds. The van der Waals surface area contributed by atoms with Gasteiger partial charge in [0.15, 0.2) is 0 Å². The molecule has 1 atom stereocenters. The average molecular weight is 183 g/mol. The van der Waals surface area contributed by atoms with Crippen molar-refractivity contribution in [3.05, 3.63) is 0 Å². The van der Waals surface area contributed by atoms with Crippen molar-refractivity contribution in [2.45, 2.75) is 20.3 Å². The van der Waals surface area contributed by atoms with Gasteiger partial charge in [-0.25, -0.2) is 5.53 Å². The van der Waals surface area contributed by atoms with Gasteiger partial charge >= 0.3 is 0 Å². The summed E-state index contributed by atoms with van der Waals surface area (Å²) in [5, 5.41) is 7.38. The van der Waals surface area contributed by atoms with Crippen molar-refractivity contribution in [1.82, 2.24) is 5.43 Å². The van der Waals surface area contributed by atoms with Crippen molar-refractivity contribution in [2.24, 2.45) is 21.1 Å². The van der Waals surface area contributed by atoms with Crippen LogP contribution in [0.3, 0.4) is 0 Å². The first kappa shape index (κ1) is 11.7. The number of nitrogens with zero attached hydrogens (tertiary/aromatic N) is 3. The topological polar surface area (TPSA) is 73.0 Å². The third kappa shape index (κ3) is 5.95. The van der Waals surface area contributed by atoms with Gasteiger partial charge in [0, 0.05) is 12.8 Å². The molecule has 0 heterocycles. The number of hydrogen-bond donors (Lipinski definition) is 2. The minimum absolute atomic E-state index is 0.354.